The van der Waals surface area contributed by atoms with Crippen LogP contribution in [0.3, 0.4) is 0 Å². The second kappa shape index (κ2) is 5.54. The Morgan fingerprint density at radius 1 is 1.36 bits per heavy atom. The number of nitrogens with zero attached hydrogens (tertiary/aromatic N) is 4. The van der Waals surface area contributed by atoms with E-state index in [1.165, 1.54) is 4.90 Å². The summed E-state index contributed by atoms with van der Waals surface area (Å²) >= 11 is 0. The monoisotopic (exact) mass is 339 g/mol. The normalized spacial score (nSPS) is 13.7. The number of imidazole rings is 1. The molecule has 6 nitrogen and oxygen atoms in total. The van der Waals surface area contributed by atoms with Gasteiger partial charge in [-0.1, -0.05) is 13.8 Å². The first-order valence-corrected chi connectivity index (χ1v) is 8.19. The molecule has 4 rings (SSSR count). The largest absolute Gasteiger partial charge is 0.382 e. The van der Waals surface area contributed by atoms with E-state index in [0.717, 1.165) is 12.2 Å². The molecule has 0 saturated heterocycles. The minimum absolute atomic E-state index is 0.145. The molecule has 128 valence electrons. The molecule has 2 aromatic heterocycles. The van der Waals surface area contributed by atoms with Crippen LogP contribution in [0.25, 0.3) is 16.8 Å². The number of nitrogens with two attached hydrogens (primary N) is 1. The maximum atomic E-state index is 15.2. The molecule has 1 amide bonds. The summed E-state index contributed by atoms with van der Waals surface area (Å²) in [6.45, 7) is 4.54. The van der Waals surface area contributed by atoms with Crippen LogP contribution >= 0.6 is 0 Å². The van der Waals surface area contributed by atoms with Crippen LogP contribution in [0, 0.1) is 5.82 Å². The van der Waals surface area contributed by atoms with Gasteiger partial charge in [0.1, 0.15) is 28.7 Å². The van der Waals surface area contributed by atoms with Crippen molar-refractivity contribution >= 4 is 23.4 Å². The molecule has 0 aliphatic carbocycles. The fourth-order valence-corrected chi connectivity index (χ4v) is 3.45. The Balaban J connectivity index is 1.99. The van der Waals surface area contributed by atoms with Gasteiger partial charge in [0.25, 0.3) is 0 Å². The van der Waals surface area contributed by atoms with Gasteiger partial charge in [-0.15, -0.1) is 0 Å². The van der Waals surface area contributed by atoms with Crippen LogP contribution in [0.5, 0.6) is 0 Å². The molecule has 0 saturated carbocycles. The van der Waals surface area contributed by atoms with E-state index in [9.17, 15) is 4.79 Å². The summed E-state index contributed by atoms with van der Waals surface area (Å²) in [7, 11) is 0. The summed E-state index contributed by atoms with van der Waals surface area (Å²) in [5.74, 6) is 0.909. The highest BCUT2D eigenvalue weighted by Gasteiger charge is 2.27. The van der Waals surface area contributed by atoms with Gasteiger partial charge in [-0.05, 0) is 18.6 Å². The van der Waals surface area contributed by atoms with Crippen molar-refractivity contribution in [1.82, 2.24) is 14.4 Å². The van der Waals surface area contributed by atoms with Gasteiger partial charge in [0.05, 0.1) is 0 Å². The van der Waals surface area contributed by atoms with Crippen LogP contribution in [-0.2, 0) is 11.2 Å². The second-order valence-electron chi connectivity index (χ2n) is 6.48. The number of rotatable bonds is 3. The van der Waals surface area contributed by atoms with Crippen molar-refractivity contribution < 1.29 is 9.18 Å². The Bertz CT molecular complexity index is 995. The summed E-state index contributed by atoms with van der Waals surface area (Å²) in [6.07, 6.45) is 4.62. The maximum Gasteiger partial charge on any atom is 0.214 e. The molecule has 0 spiro atoms. The molecule has 0 fully saturated rings. The predicted molar refractivity (Wildman–Crippen MR) is 94.0 cm³/mol. The number of anilines is 2. The van der Waals surface area contributed by atoms with Crippen LogP contribution in [0.1, 0.15) is 31.2 Å². The summed E-state index contributed by atoms with van der Waals surface area (Å²) in [5, 5.41) is 0. The van der Waals surface area contributed by atoms with E-state index in [1.807, 2.05) is 18.2 Å². The lowest BCUT2D eigenvalue weighted by Crippen LogP contribution is -2.17. The molecule has 3 heterocycles. The Kier molecular flexibility index (Phi) is 3.45. The number of nitrogen functional groups attached to an aromatic ring is 1. The number of aromatic nitrogens is 3. The Morgan fingerprint density at radius 3 is 2.88 bits per heavy atom. The van der Waals surface area contributed by atoms with E-state index in [-0.39, 0.29) is 11.7 Å². The average Bonchev–Trinajstić information content (AvgIpc) is 3.18. The predicted octanol–water partition coefficient (Wildman–Crippen LogP) is 2.76. The number of hydrogen-bond acceptors (Lipinski definition) is 4. The Labute approximate surface area is 144 Å². The van der Waals surface area contributed by atoms with Gasteiger partial charge >= 0.3 is 0 Å². The van der Waals surface area contributed by atoms with E-state index in [4.69, 9.17) is 5.73 Å². The van der Waals surface area contributed by atoms with Gasteiger partial charge in [0, 0.05) is 41.7 Å². The minimum atomic E-state index is -0.347. The second-order valence-corrected chi connectivity index (χ2v) is 6.48. The zero-order valence-electron chi connectivity index (χ0n) is 14.0. The molecular weight excluding hydrogens is 321 g/mol. The number of amides is 1. The van der Waals surface area contributed by atoms with Crippen molar-refractivity contribution in [3.63, 3.8) is 0 Å². The number of carbonyl (C=O) groups is 1. The first kappa shape index (κ1) is 15.6. The maximum absolute atomic E-state index is 15.2. The van der Waals surface area contributed by atoms with Crippen molar-refractivity contribution in [3.8, 4) is 11.3 Å². The van der Waals surface area contributed by atoms with E-state index < -0.39 is 0 Å². The number of fused-ring (bicyclic) bond motifs is 2. The quantitative estimate of drug-likeness (QED) is 0.745. The third kappa shape index (κ3) is 2.19. The van der Waals surface area contributed by atoms with Crippen molar-refractivity contribution in [2.24, 2.45) is 0 Å². The lowest BCUT2D eigenvalue weighted by molar-refractivity contribution is -0.107. The molecule has 0 unspecified atom stereocenters. The van der Waals surface area contributed by atoms with E-state index in [2.05, 4.69) is 9.97 Å². The number of carbonyl (C=O) groups excluding carboxylic acids is 1. The smallest absolute Gasteiger partial charge is 0.214 e. The Morgan fingerprint density at radius 2 is 2.16 bits per heavy atom. The standard InChI is InChI=1S/C18H18FN5O/c1-10(2)18-22-15(16-17(20)21-6-8-24(16)18)12-3-4-13-11(14(12)19)5-7-23(13)9-25/h3-4,6,8-10H,5,7H2,1-2H3,(H2,20,21). The molecule has 1 aliphatic rings. The number of halogens is 1. The van der Waals surface area contributed by atoms with Crippen LogP contribution in [0.4, 0.5) is 15.9 Å². The lowest BCUT2D eigenvalue weighted by Gasteiger charge is -2.11. The van der Waals surface area contributed by atoms with E-state index >= 15 is 4.39 Å². The summed E-state index contributed by atoms with van der Waals surface area (Å²) in [4.78, 5) is 21.4. The molecule has 2 N–H and O–H groups in total. The zero-order valence-corrected chi connectivity index (χ0v) is 14.0. The molecule has 1 aliphatic heterocycles. The molecular formula is C18H18FN5O. The van der Waals surface area contributed by atoms with Gasteiger partial charge in [0.2, 0.25) is 6.41 Å². The van der Waals surface area contributed by atoms with Gasteiger partial charge in [-0.25, -0.2) is 14.4 Å². The zero-order chi connectivity index (χ0) is 17.7. The highest BCUT2D eigenvalue weighted by molar-refractivity contribution is 5.88. The highest BCUT2D eigenvalue weighted by atomic mass is 19.1. The van der Waals surface area contributed by atoms with Crippen molar-refractivity contribution in [3.05, 3.63) is 41.7 Å². The van der Waals surface area contributed by atoms with Crippen LogP contribution in [0.15, 0.2) is 24.5 Å². The fourth-order valence-electron chi connectivity index (χ4n) is 3.45. The number of hydrogen-bond donors (Lipinski definition) is 1. The van der Waals surface area contributed by atoms with E-state index in [1.54, 1.807) is 24.5 Å². The molecule has 0 atom stereocenters. The average molecular weight is 339 g/mol. The molecule has 1 aromatic carbocycles. The fraction of sp³-hybridized carbons (Fsp3) is 0.278. The summed E-state index contributed by atoms with van der Waals surface area (Å²) in [6, 6.07) is 3.43. The van der Waals surface area contributed by atoms with Crippen LogP contribution in [-0.4, -0.2) is 27.3 Å². The Hall–Kier alpha value is -2.96. The van der Waals surface area contributed by atoms with Gasteiger partial charge < -0.3 is 10.6 Å². The SMILES string of the molecule is CC(C)c1nc(-c2ccc3c(c2F)CCN3C=O)c2c(N)nccn12. The first-order valence-electron chi connectivity index (χ1n) is 8.19. The van der Waals surface area contributed by atoms with Gasteiger partial charge in [-0.3, -0.25) is 9.20 Å². The molecule has 3 aromatic rings. The molecule has 0 bridgehead atoms. The van der Waals surface area contributed by atoms with Crippen molar-refractivity contribution in [1.29, 1.82) is 0 Å². The van der Waals surface area contributed by atoms with Gasteiger partial charge in [-0.2, -0.15) is 0 Å². The molecule has 7 heteroatoms. The molecule has 0 radical (unpaired) electrons. The van der Waals surface area contributed by atoms with Crippen LogP contribution < -0.4 is 10.6 Å². The number of benzene rings is 1. The lowest BCUT2D eigenvalue weighted by atomic mass is 10.0. The third-order valence-corrected chi connectivity index (χ3v) is 4.64. The highest BCUT2D eigenvalue weighted by Crippen LogP contribution is 2.37. The van der Waals surface area contributed by atoms with Crippen molar-refractivity contribution in [2.75, 3.05) is 17.2 Å². The van der Waals surface area contributed by atoms with Gasteiger partial charge in [0.15, 0.2) is 0 Å². The summed E-state index contributed by atoms with van der Waals surface area (Å²) < 4.78 is 17.1. The first-order chi connectivity index (χ1) is 12.0. The topological polar surface area (TPSA) is 76.5 Å². The summed E-state index contributed by atoms with van der Waals surface area (Å²) in [5.41, 5.74) is 8.70. The molecule has 25 heavy (non-hydrogen) atoms. The van der Waals surface area contributed by atoms with Crippen LogP contribution in [0.2, 0.25) is 0 Å². The third-order valence-electron chi connectivity index (χ3n) is 4.64. The van der Waals surface area contributed by atoms with E-state index in [0.29, 0.717) is 46.8 Å². The van der Waals surface area contributed by atoms with Crippen molar-refractivity contribution in [2.45, 2.75) is 26.2 Å². The minimum Gasteiger partial charge on any atom is -0.382 e.